The molecule has 0 unspecified atom stereocenters. The summed E-state index contributed by atoms with van der Waals surface area (Å²) in [7, 11) is 1.46. The molecule has 270 valence electrons. The zero-order valence-electron chi connectivity index (χ0n) is 28.0. The summed E-state index contributed by atoms with van der Waals surface area (Å²) in [5.74, 6) is -1.13. The quantitative estimate of drug-likeness (QED) is 0.230. The number of piperazine rings is 1. The molecule has 0 spiro atoms. The van der Waals surface area contributed by atoms with Crippen LogP contribution in [0.3, 0.4) is 0 Å². The minimum Gasteiger partial charge on any atom is -0.504 e. The molecule has 4 aromatic heterocycles. The first-order valence-corrected chi connectivity index (χ1v) is 16.3. The molecule has 2 N–H and O–H groups in total. The van der Waals surface area contributed by atoms with E-state index in [1.165, 1.54) is 30.7 Å². The van der Waals surface area contributed by atoms with Gasteiger partial charge < -0.3 is 29.5 Å². The van der Waals surface area contributed by atoms with Crippen molar-refractivity contribution < 1.29 is 32.6 Å². The lowest BCUT2D eigenvalue weighted by Crippen LogP contribution is -2.50. The predicted octanol–water partition coefficient (Wildman–Crippen LogP) is 4.50. The number of benzene rings is 1. The topological polar surface area (TPSA) is 169 Å². The van der Waals surface area contributed by atoms with Crippen LogP contribution in [0, 0.1) is 6.92 Å². The number of halogens is 4. The highest BCUT2D eigenvalue weighted by Gasteiger charge is 2.32. The molecule has 0 aliphatic carbocycles. The zero-order chi connectivity index (χ0) is 37.3. The number of hydrogen-bond donors (Lipinski definition) is 2. The molecule has 6 rings (SSSR count). The molecule has 52 heavy (non-hydrogen) atoms. The third-order valence-electron chi connectivity index (χ3n) is 8.58. The molecule has 0 atom stereocenters. The largest absolute Gasteiger partial charge is 0.504 e. The molecule has 5 heterocycles. The summed E-state index contributed by atoms with van der Waals surface area (Å²) in [5, 5.41) is 12.6. The molecule has 0 saturated carbocycles. The zero-order valence-corrected chi connectivity index (χ0v) is 28.8. The Bertz CT molecular complexity index is 2260. The van der Waals surface area contributed by atoms with Crippen LogP contribution >= 0.6 is 11.6 Å². The highest BCUT2D eigenvalue weighted by Crippen LogP contribution is 2.34. The molecule has 1 aromatic carbocycles. The maximum Gasteiger partial charge on any atom is 0.416 e. The Hall–Kier alpha value is -5.84. The molecule has 18 heteroatoms. The molecule has 5 aromatic rings. The number of pyridine rings is 2. The maximum atomic E-state index is 14.4. The summed E-state index contributed by atoms with van der Waals surface area (Å²) in [5.41, 5.74) is 0.347. The van der Waals surface area contributed by atoms with E-state index in [1.807, 2.05) is 0 Å². The summed E-state index contributed by atoms with van der Waals surface area (Å²) in [4.78, 5) is 65.7. The van der Waals surface area contributed by atoms with Gasteiger partial charge in [-0.05, 0) is 37.6 Å². The van der Waals surface area contributed by atoms with E-state index >= 15 is 0 Å². The Morgan fingerprint density at radius 2 is 1.81 bits per heavy atom. The second-order valence-corrected chi connectivity index (χ2v) is 12.2. The number of anilines is 2. The van der Waals surface area contributed by atoms with Crippen LogP contribution in [0.5, 0.6) is 11.6 Å². The fraction of sp³-hybridized carbons (Fsp3) is 0.294. The first-order chi connectivity index (χ1) is 24.8. The van der Waals surface area contributed by atoms with E-state index < -0.39 is 35.5 Å². The Morgan fingerprint density at radius 3 is 2.48 bits per heavy atom. The van der Waals surface area contributed by atoms with Crippen molar-refractivity contribution in [3.63, 3.8) is 0 Å². The van der Waals surface area contributed by atoms with Crippen LogP contribution in [0.4, 0.5) is 24.5 Å². The summed E-state index contributed by atoms with van der Waals surface area (Å²) in [6, 6.07) is 5.90. The molecule has 1 saturated heterocycles. The Kier molecular flexibility index (Phi) is 9.97. The smallest absolute Gasteiger partial charge is 0.416 e. The Morgan fingerprint density at radius 1 is 1.06 bits per heavy atom. The molecular formula is C34H31ClF3N9O5. The molecule has 1 fully saturated rings. The van der Waals surface area contributed by atoms with Crippen molar-refractivity contribution in [2.45, 2.75) is 33.0 Å². The number of carbonyl (C=O) groups is 2. The SMILES string of the molecule is CCc1c(N2CCN(C(=O)c3ncnc(C)c3O)CC2)c(=O)c2nc(-c3ccnc(OC)c3)cnc2n1CC(=O)Nc1ccc(C(F)(F)F)cc1Cl. The van der Waals surface area contributed by atoms with Gasteiger partial charge in [0, 0.05) is 49.7 Å². The normalized spacial score (nSPS) is 13.4. The Labute approximate surface area is 298 Å². The van der Waals surface area contributed by atoms with Crippen LogP contribution in [0.2, 0.25) is 5.02 Å². The van der Waals surface area contributed by atoms with E-state index in [0.29, 0.717) is 22.8 Å². The van der Waals surface area contributed by atoms with E-state index in [2.05, 4.69) is 30.2 Å². The molecule has 1 aliphatic heterocycles. The number of nitrogens with zero attached hydrogens (tertiary/aromatic N) is 8. The minimum absolute atomic E-state index is 0.0333. The van der Waals surface area contributed by atoms with Gasteiger partial charge in [-0.25, -0.2) is 24.9 Å². The average molecular weight is 738 g/mol. The van der Waals surface area contributed by atoms with E-state index in [4.69, 9.17) is 16.3 Å². The highest BCUT2D eigenvalue weighted by atomic mass is 35.5. The van der Waals surface area contributed by atoms with E-state index in [9.17, 15) is 32.7 Å². The highest BCUT2D eigenvalue weighted by molar-refractivity contribution is 6.33. The van der Waals surface area contributed by atoms with Crippen LogP contribution in [0.25, 0.3) is 22.4 Å². The first-order valence-electron chi connectivity index (χ1n) is 15.9. The number of methoxy groups -OCH3 is 1. The molecule has 0 radical (unpaired) electrons. The lowest BCUT2D eigenvalue weighted by molar-refractivity contribution is -0.137. The monoisotopic (exact) mass is 737 g/mol. The molecule has 2 amide bonds. The number of alkyl halides is 3. The minimum atomic E-state index is -4.62. The van der Waals surface area contributed by atoms with Gasteiger partial charge in [-0.1, -0.05) is 18.5 Å². The van der Waals surface area contributed by atoms with Gasteiger partial charge >= 0.3 is 6.18 Å². The van der Waals surface area contributed by atoms with Gasteiger partial charge in [0.1, 0.15) is 18.6 Å². The third kappa shape index (κ3) is 7.03. The standard InChI is InChI=1S/C34H31ClF3N9O5/c1-4-24-29(45-9-11-46(12-10-45)33(51)28-30(49)18(2)41-17-42-28)31(50)27-32(40-15-23(44-27)19-7-8-39-26(13-19)52-3)47(24)16-25(48)43-22-6-5-20(14-21(22)35)34(36,37)38/h5-8,13-15,17,49H,4,9-12,16H2,1-3H3,(H,43,48). The van der Waals surface area contributed by atoms with Crippen LogP contribution in [-0.2, 0) is 23.9 Å². The summed E-state index contributed by atoms with van der Waals surface area (Å²) < 4.78 is 46.4. The number of aromatic nitrogens is 6. The van der Waals surface area contributed by atoms with Crippen LogP contribution in [0.1, 0.15) is 34.4 Å². The van der Waals surface area contributed by atoms with Crippen molar-refractivity contribution in [2.24, 2.45) is 0 Å². The van der Waals surface area contributed by atoms with Crippen molar-refractivity contribution in [3.05, 3.63) is 86.9 Å². The van der Waals surface area contributed by atoms with Gasteiger partial charge in [0.05, 0.1) is 41.0 Å². The van der Waals surface area contributed by atoms with Crippen LogP contribution in [-0.4, -0.2) is 84.6 Å². The summed E-state index contributed by atoms with van der Waals surface area (Å²) >= 11 is 6.12. The maximum absolute atomic E-state index is 14.4. The van der Waals surface area contributed by atoms with Crippen molar-refractivity contribution in [1.29, 1.82) is 0 Å². The molecular weight excluding hydrogens is 707 g/mol. The molecule has 1 aliphatic rings. The van der Waals surface area contributed by atoms with Crippen LogP contribution < -0.4 is 20.4 Å². The average Bonchev–Trinajstić information content (AvgIpc) is 3.13. The predicted molar refractivity (Wildman–Crippen MR) is 185 cm³/mol. The first kappa shape index (κ1) is 36.0. The summed E-state index contributed by atoms with van der Waals surface area (Å²) in [6.07, 6.45) is -0.188. The number of ether oxygens (including phenoxy) is 1. The summed E-state index contributed by atoms with van der Waals surface area (Å²) in [6.45, 7) is 3.75. The lowest BCUT2D eigenvalue weighted by Gasteiger charge is -2.37. The van der Waals surface area contributed by atoms with Gasteiger partial charge in [-0.3, -0.25) is 14.4 Å². The number of amides is 2. The number of rotatable bonds is 8. The van der Waals surface area contributed by atoms with E-state index in [0.717, 1.165) is 18.2 Å². The number of nitrogens with one attached hydrogen (secondary N) is 1. The number of carbonyl (C=O) groups excluding carboxylic acids is 2. The van der Waals surface area contributed by atoms with Crippen molar-refractivity contribution in [2.75, 3.05) is 43.5 Å². The van der Waals surface area contributed by atoms with Crippen molar-refractivity contribution in [3.8, 4) is 22.9 Å². The molecule has 0 bridgehead atoms. The third-order valence-corrected chi connectivity index (χ3v) is 8.89. The van der Waals surface area contributed by atoms with Gasteiger partial charge in [0.2, 0.25) is 17.2 Å². The Balaban J connectivity index is 1.39. The van der Waals surface area contributed by atoms with Crippen molar-refractivity contribution >= 4 is 46.0 Å². The number of fused-ring (bicyclic) bond motifs is 1. The van der Waals surface area contributed by atoms with E-state index in [1.54, 1.807) is 35.4 Å². The molecule has 14 nitrogen and oxygen atoms in total. The van der Waals surface area contributed by atoms with Gasteiger partial charge in [0.15, 0.2) is 22.6 Å². The number of hydrogen-bond acceptors (Lipinski definition) is 11. The van der Waals surface area contributed by atoms with Gasteiger partial charge in [-0.2, -0.15) is 13.2 Å². The van der Waals surface area contributed by atoms with Gasteiger partial charge in [-0.15, -0.1) is 0 Å². The van der Waals surface area contributed by atoms with E-state index in [-0.39, 0.29) is 77.3 Å². The number of aromatic hydroxyl groups is 1. The fourth-order valence-electron chi connectivity index (χ4n) is 5.94. The number of aryl methyl sites for hydroxylation is 1. The fourth-order valence-corrected chi connectivity index (χ4v) is 6.17. The second-order valence-electron chi connectivity index (χ2n) is 11.8. The second kappa shape index (κ2) is 14.4. The van der Waals surface area contributed by atoms with Gasteiger partial charge in [0.25, 0.3) is 5.91 Å². The van der Waals surface area contributed by atoms with Crippen molar-refractivity contribution in [1.82, 2.24) is 34.4 Å². The lowest BCUT2D eigenvalue weighted by atomic mass is 10.1. The van der Waals surface area contributed by atoms with Crippen LogP contribution in [0.15, 0.2) is 53.8 Å².